The molecule has 0 bridgehead atoms. The molecular formula is C21H27N3O2S. The molecule has 1 saturated heterocycles. The molecule has 0 spiro atoms. The number of likely N-dealkylation sites (tertiary alicyclic amines) is 1. The summed E-state index contributed by atoms with van der Waals surface area (Å²) in [5.74, 6) is 0.0725. The minimum absolute atomic E-state index is 0.0725. The van der Waals surface area contributed by atoms with E-state index in [2.05, 4.69) is 34.5 Å². The quantitative estimate of drug-likeness (QED) is 0.846. The number of carbonyl (C=O) groups excluding carboxylic acids is 1. The summed E-state index contributed by atoms with van der Waals surface area (Å²) in [7, 11) is 0. The molecule has 27 heavy (non-hydrogen) atoms. The number of hydrogen-bond donors (Lipinski definition) is 2. The van der Waals surface area contributed by atoms with Gasteiger partial charge < -0.3 is 15.3 Å². The Hall–Kier alpha value is -1.76. The van der Waals surface area contributed by atoms with Crippen molar-refractivity contribution in [3.8, 4) is 0 Å². The second-order valence-electron chi connectivity index (χ2n) is 8.17. The molecule has 2 aromatic rings. The zero-order valence-corrected chi connectivity index (χ0v) is 16.8. The number of amides is 1. The van der Waals surface area contributed by atoms with Crippen LogP contribution in [0.4, 0.5) is 5.69 Å². The molecule has 0 aliphatic carbocycles. The van der Waals surface area contributed by atoms with E-state index in [1.165, 1.54) is 4.88 Å². The number of fused-ring (bicyclic) bond motifs is 1. The number of anilines is 1. The second-order valence-corrected chi connectivity index (χ2v) is 8.98. The van der Waals surface area contributed by atoms with Gasteiger partial charge in [-0.1, -0.05) is 19.1 Å². The van der Waals surface area contributed by atoms with Gasteiger partial charge in [0.05, 0.1) is 11.8 Å². The van der Waals surface area contributed by atoms with E-state index >= 15 is 0 Å². The van der Waals surface area contributed by atoms with Gasteiger partial charge in [0, 0.05) is 28.9 Å². The molecule has 5 nitrogen and oxygen atoms in total. The molecule has 6 heteroatoms. The lowest BCUT2D eigenvalue weighted by Gasteiger charge is -2.39. The molecule has 144 valence electrons. The number of benzene rings is 1. The van der Waals surface area contributed by atoms with Crippen LogP contribution >= 0.6 is 11.5 Å². The maximum absolute atomic E-state index is 11.5. The highest BCUT2D eigenvalue weighted by molar-refractivity contribution is 7.06. The van der Waals surface area contributed by atoms with E-state index in [0.29, 0.717) is 13.0 Å². The van der Waals surface area contributed by atoms with E-state index in [0.717, 1.165) is 54.9 Å². The average Bonchev–Trinajstić information content (AvgIpc) is 3.10. The van der Waals surface area contributed by atoms with Crippen molar-refractivity contribution in [3.63, 3.8) is 0 Å². The molecule has 1 aromatic heterocycles. The Bertz CT molecular complexity index is 840. The lowest BCUT2D eigenvalue weighted by Crippen LogP contribution is -2.42. The van der Waals surface area contributed by atoms with Crippen LogP contribution in [0.25, 0.3) is 0 Å². The molecule has 4 rings (SSSR count). The third-order valence-electron chi connectivity index (χ3n) is 6.02. The number of aliphatic hydroxyl groups is 1. The number of rotatable bonds is 4. The molecule has 0 saturated carbocycles. The van der Waals surface area contributed by atoms with Crippen molar-refractivity contribution in [2.75, 3.05) is 25.0 Å². The molecule has 1 fully saturated rings. The van der Waals surface area contributed by atoms with Crippen molar-refractivity contribution in [3.05, 3.63) is 46.0 Å². The Kier molecular flexibility index (Phi) is 5.05. The first-order valence-corrected chi connectivity index (χ1v) is 10.5. The number of aromatic nitrogens is 1. The summed E-state index contributed by atoms with van der Waals surface area (Å²) in [6.45, 7) is 7.03. The average molecular weight is 386 g/mol. The van der Waals surface area contributed by atoms with Crippen molar-refractivity contribution in [1.29, 1.82) is 0 Å². The van der Waals surface area contributed by atoms with Crippen LogP contribution in [0.15, 0.2) is 24.3 Å². The van der Waals surface area contributed by atoms with E-state index in [1.54, 1.807) is 11.5 Å². The highest BCUT2D eigenvalue weighted by Crippen LogP contribution is 2.38. The van der Waals surface area contributed by atoms with Gasteiger partial charge in [0.25, 0.3) is 0 Å². The summed E-state index contributed by atoms with van der Waals surface area (Å²) in [5.41, 5.74) is 4.26. The predicted octanol–water partition coefficient (Wildman–Crippen LogP) is 3.42. The number of aryl methyl sites for hydroxylation is 2. The topological polar surface area (TPSA) is 65.5 Å². The number of nitrogens with zero attached hydrogens (tertiary/aromatic N) is 2. The number of carbonyl (C=O) groups is 1. The van der Waals surface area contributed by atoms with Gasteiger partial charge in [-0.25, -0.2) is 0 Å². The van der Waals surface area contributed by atoms with Gasteiger partial charge >= 0.3 is 0 Å². The highest BCUT2D eigenvalue weighted by atomic mass is 32.1. The van der Waals surface area contributed by atoms with Gasteiger partial charge in [0.2, 0.25) is 5.91 Å². The fourth-order valence-electron chi connectivity index (χ4n) is 4.08. The molecule has 2 aliphatic heterocycles. The van der Waals surface area contributed by atoms with Gasteiger partial charge in [0.1, 0.15) is 0 Å². The summed E-state index contributed by atoms with van der Waals surface area (Å²) in [5, 5.41) is 13.6. The zero-order valence-electron chi connectivity index (χ0n) is 16.0. The van der Waals surface area contributed by atoms with Gasteiger partial charge in [-0.05, 0) is 74.1 Å². The molecule has 1 atom stereocenters. The Morgan fingerprint density at radius 1 is 1.30 bits per heavy atom. The van der Waals surface area contributed by atoms with Crippen LogP contribution in [-0.4, -0.2) is 39.9 Å². The van der Waals surface area contributed by atoms with Gasteiger partial charge in [-0.2, -0.15) is 4.37 Å². The zero-order chi connectivity index (χ0) is 19.0. The minimum atomic E-state index is -0.497. The van der Waals surface area contributed by atoms with Crippen LogP contribution in [0.5, 0.6) is 0 Å². The van der Waals surface area contributed by atoms with Crippen LogP contribution < -0.4 is 5.32 Å². The van der Waals surface area contributed by atoms with Gasteiger partial charge in [-0.15, -0.1) is 0 Å². The summed E-state index contributed by atoms with van der Waals surface area (Å²) >= 11 is 1.63. The van der Waals surface area contributed by atoms with Gasteiger partial charge in [-0.3, -0.25) is 4.79 Å². The fourth-order valence-corrected chi connectivity index (χ4v) is 5.03. The maximum Gasteiger partial charge on any atom is 0.224 e. The summed E-state index contributed by atoms with van der Waals surface area (Å²) in [6.07, 6.45) is 2.96. The van der Waals surface area contributed by atoms with Crippen molar-refractivity contribution < 1.29 is 9.90 Å². The molecule has 2 aliphatic rings. The van der Waals surface area contributed by atoms with Crippen molar-refractivity contribution in [2.24, 2.45) is 0 Å². The number of piperidine rings is 1. The van der Waals surface area contributed by atoms with Crippen LogP contribution in [0, 0.1) is 6.92 Å². The second kappa shape index (κ2) is 7.34. The van der Waals surface area contributed by atoms with Gasteiger partial charge in [0.15, 0.2) is 0 Å². The van der Waals surface area contributed by atoms with E-state index in [4.69, 9.17) is 0 Å². The molecule has 1 amide bonds. The first-order chi connectivity index (χ1) is 12.9. The molecule has 2 N–H and O–H groups in total. The first kappa shape index (κ1) is 18.6. The molecule has 1 aromatic carbocycles. The molecular weight excluding hydrogens is 358 g/mol. The van der Waals surface area contributed by atoms with E-state index < -0.39 is 6.10 Å². The van der Waals surface area contributed by atoms with E-state index in [-0.39, 0.29) is 11.3 Å². The largest absolute Gasteiger partial charge is 0.387 e. The van der Waals surface area contributed by atoms with Crippen molar-refractivity contribution in [1.82, 2.24) is 9.27 Å². The van der Waals surface area contributed by atoms with Crippen molar-refractivity contribution in [2.45, 2.75) is 51.0 Å². The Morgan fingerprint density at radius 3 is 2.78 bits per heavy atom. The van der Waals surface area contributed by atoms with Crippen LogP contribution in [-0.2, 0) is 16.6 Å². The Morgan fingerprint density at radius 2 is 2.07 bits per heavy atom. The smallest absolute Gasteiger partial charge is 0.224 e. The normalized spacial score (nSPS) is 20.8. The number of β-amino-alcohol motifs (C(OH)–C–C–N with tert-alkyl or cyclic N) is 1. The third-order valence-corrected chi connectivity index (χ3v) is 7.21. The lowest BCUT2D eigenvalue weighted by atomic mass is 9.79. The maximum atomic E-state index is 11.5. The first-order valence-electron chi connectivity index (χ1n) is 9.70. The van der Waals surface area contributed by atoms with E-state index in [9.17, 15) is 9.90 Å². The predicted molar refractivity (Wildman–Crippen MR) is 108 cm³/mol. The SMILES string of the molecule is Cc1cc(C2(C)CCN(CC(O)c3ccc4c(c3)CCC(=O)N4)CC2)sn1. The van der Waals surface area contributed by atoms with Crippen LogP contribution in [0.2, 0.25) is 0 Å². The molecule has 3 heterocycles. The standard InChI is InChI=1S/C21H27N3O2S/c1-14-11-19(27-23-14)21(2)7-9-24(10-8-21)13-18(25)16-3-5-17-15(12-16)4-6-20(26)22-17/h3,5,11-12,18,25H,4,6-10,13H2,1-2H3,(H,22,26). The Labute approximate surface area is 164 Å². The molecule has 0 radical (unpaired) electrons. The fraction of sp³-hybridized carbons (Fsp3) is 0.524. The Balaban J connectivity index is 1.37. The summed E-state index contributed by atoms with van der Waals surface area (Å²) < 4.78 is 4.45. The minimum Gasteiger partial charge on any atom is -0.387 e. The summed E-state index contributed by atoms with van der Waals surface area (Å²) in [6, 6.07) is 8.13. The van der Waals surface area contributed by atoms with E-state index in [1.807, 2.05) is 18.2 Å². The molecule has 1 unspecified atom stereocenters. The number of nitrogens with one attached hydrogen (secondary N) is 1. The van der Waals surface area contributed by atoms with Crippen LogP contribution in [0.1, 0.15) is 54.0 Å². The van der Waals surface area contributed by atoms with Crippen molar-refractivity contribution >= 4 is 23.1 Å². The lowest BCUT2D eigenvalue weighted by molar-refractivity contribution is -0.116. The van der Waals surface area contributed by atoms with Crippen LogP contribution in [0.3, 0.4) is 0 Å². The third kappa shape index (κ3) is 3.93. The monoisotopic (exact) mass is 385 g/mol. The number of hydrogen-bond acceptors (Lipinski definition) is 5. The highest BCUT2D eigenvalue weighted by Gasteiger charge is 2.34. The number of aliphatic hydroxyl groups excluding tert-OH is 1. The summed E-state index contributed by atoms with van der Waals surface area (Å²) in [4.78, 5) is 15.2.